The van der Waals surface area contributed by atoms with Gasteiger partial charge in [-0.3, -0.25) is 10.1 Å². The summed E-state index contributed by atoms with van der Waals surface area (Å²) in [5.41, 5.74) is 2.32. The molecule has 0 aliphatic rings. The van der Waals surface area contributed by atoms with Gasteiger partial charge in [-0.1, -0.05) is 23.5 Å². The van der Waals surface area contributed by atoms with Gasteiger partial charge in [0, 0.05) is 10.9 Å². The van der Waals surface area contributed by atoms with Crippen molar-refractivity contribution >= 4 is 43.6 Å². The molecule has 0 radical (unpaired) electrons. The molecule has 0 saturated heterocycles. The molecule has 0 unspecified atom stereocenters. The van der Waals surface area contributed by atoms with Crippen LogP contribution in [0.15, 0.2) is 46.9 Å². The fourth-order valence-corrected chi connectivity index (χ4v) is 3.61. The number of fused-ring (bicyclic) bond motifs is 2. The first kappa shape index (κ1) is 15.7. The zero-order valence-corrected chi connectivity index (χ0v) is 14.6. The molecule has 126 valence electrons. The molecule has 0 fully saturated rings. The number of hydrogen-bond donors (Lipinski definition) is 1. The molecule has 0 spiro atoms. The number of ether oxygens (including phenoxy) is 1. The molecule has 0 aliphatic heterocycles. The smallest absolute Gasteiger partial charge is 0.293 e. The van der Waals surface area contributed by atoms with Crippen LogP contribution in [0, 0.1) is 6.92 Å². The van der Waals surface area contributed by atoms with Crippen molar-refractivity contribution in [3.63, 3.8) is 0 Å². The van der Waals surface area contributed by atoms with E-state index in [1.807, 2.05) is 56.3 Å². The number of carbonyl (C=O) groups excluding carboxylic acids is 1. The molecule has 4 aromatic rings. The monoisotopic (exact) mass is 352 g/mol. The van der Waals surface area contributed by atoms with Crippen LogP contribution in [0.5, 0.6) is 5.75 Å². The summed E-state index contributed by atoms with van der Waals surface area (Å²) in [6.45, 7) is 4.39. The third-order valence-electron chi connectivity index (χ3n) is 3.94. The number of aromatic nitrogens is 1. The lowest BCUT2D eigenvalue weighted by Gasteiger charge is -2.01. The lowest BCUT2D eigenvalue weighted by atomic mass is 10.1. The maximum Gasteiger partial charge on any atom is 0.293 e. The van der Waals surface area contributed by atoms with Crippen LogP contribution in [-0.4, -0.2) is 17.5 Å². The Kier molecular flexibility index (Phi) is 3.89. The summed E-state index contributed by atoms with van der Waals surface area (Å²) in [6.07, 6.45) is 0. The van der Waals surface area contributed by atoms with Gasteiger partial charge in [0.25, 0.3) is 5.91 Å². The number of benzene rings is 2. The summed E-state index contributed by atoms with van der Waals surface area (Å²) in [7, 11) is 0. The van der Waals surface area contributed by atoms with Gasteiger partial charge in [0.05, 0.1) is 16.8 Å². The number of nitrogens with zero attached hydrogens (tertiary/aromatic N) is 1. The topological polar surface area (TPSA) is 64.4 Å². The van der Waals surface area contributed by atoms with E-state index in [-0.39, 0.29) is 5.91 Å². The Hall–Kier alpha value is -2.86. The van der Waals surface area contributed by atoms with E-state index in [2.05, 4.69) is 10.3 Å². The second kappa shape index (κ2) is 6.22. The van der Waals surface area contributed by atoms with Crippen molar-refractivity contribution < 1.29 is 13.9 Å². The molecule has 0 saturated carbocycles. The summed E-state index contributed by atoms with van der Waals surface area (Å²) in [5, 5.41) is 4.26. The van der Waals surface area contributed by atoms with Crippen molar-refractivity contribution in [1.82, 2.24) is 4.98 Å². The molecule has 2 heterocycles. The van der Waals surface area contributed by atoms with E-state index in [1.54, 1.807) is 0 Å². The highest BCUT2D eigenvalue weighted by Gasteiger charge is 2.19. The van der Waals surface area contributed by atoms with Crippen LogP contribution in [0.25, 0.3) is 21.2 Å². The van der Waals surface area contributed by atoms with Gasteiger partial charge in [0.1, 0.15) is 11.3 Å². The Morgan fingerprint density at radius 3 is 2.92 bits per heavy atom. The van der Waals surface area contributed by atoms with Crippen LogP contribution in [0.4, 0.5) is 5.13 Å². The van der Waals surface area contributed by atoms with E-state index in [4.69, 9.17) is 9.15 Å². The number of amides is 1. The highest BCUT2D eigenvalue weighted by molar-refractivity contribution is 7.22. The molecular weight excluding hydrogens is 336 g/mol. The van der Waals surface area contributed by atoms with Crippen LogP contribution in [0.3, 0.4) is 0 Å². The molecule has 1 N–H and O–H groups in total. The Morgan fingerprint density at radius 2 is 2.12 bits per heavy atom. The van der Waals surface area contributed by atoms with Crippen molar-refractivity contribution in [2.75, 3.05) is 11.9 Å². The molecule has 1 amide bonds. The average Bonchev–Trinajstić information content (AvgIpc) is 3.16. The maximum atomic E-state index is 12.6. The summed E-state index contributed by atoms with van der Waals surface area (Å²) in [4.78, 5) is 17.0. The summed E-state index contributed by atoms with van der Waals surface area (Å²) in [5.74, 6) is 0.755. The fraction of sp³-hybridized carbons (Fsp3) is 0.158. The van der Waals surface area contributed by atoms with Gasteiger partial charge >= 0.3 is 0 Å². The first-order valence-electron chi connectivity index (χ1n) is 7.98. The number of thiazole rings is 1. The predicted molar refractivity (Wildman–Crippen MR) is 99.7 cm³/mol. The maximum absolute atomic E-state index is 12.6. The molecule has 0 aliphatic carbocycles. The van der Waals surface area contributed by atoms with E-state index < -0.39 is 0 Å². The van der Waals surface area contributed by atoms with Crippen molar-refractivity contribution in [3.05, 3.63) is 53.8 Å². The standard InChI is InChI=1S/C19H16N2O3S/c1-3-23-12-8-9-15-13(10-12)11(2)17(24-15)18(22)21-19-20-14-6-4-5-7-16(14)25-19/h4-10H,3H2,1-2H3,(H,20,21,22). The molecule has 0 atom stereocenters. The molecule has 2 aromatic heterocycles. The summed E-state index contributed by atoms with van der Waals surface area (Å²) < 4.78 is 12.3. The highest BCUT2D eigenvalue weighted by Crippen LogP contribution is 2.30. The Balaban J connectivity index is 1.66. The molecule has 6 heteroatoms. The van der Waals surface area contributed by atoms with Crippen LogP contribution in [0.2, 0.25) is 0 Å². The number of carbonyl (C=O) groups is 1. The largest absolute Gasteiger partial charge is 0.494 e. The van der Waals surface area contributed by atoms with Gasteiger partial charge in [-0.05, 0) is 44.2 Å². The van der Waals surface area contributed by atoms with Crippen LogP contribution in [-0.2, 0) is 0 Å². The van der Waals surface area contributed by atoms with Crippen molar-refractivity contribution in [2.24, 2.45) is 0 Å². The van der Waals surface area contributed by atoms with Crippen molar-refractivity contribution in [1.29, 1.82) is 0 Å². The highest BCUT2D eigenvalue weighted by atomic mass is 32.1. The first-order valence-corrected chi connectivity index (χ1v) is 8.80. The van der Waals surface area contributed by atoms with E-state index in [0.29, 0.717) is 23.1 Å². The molecule has 5 nitrogen and oxygen atoms in total. The average molecular weight is 352 g/mol. The summed E-state index contributed by atoms with van der Waals surface area (Å²) >= 11 is 1.44. The van der Waals surface area contributed by atoms with E-state index in [0.717, 1.165) is 26.9 Å². The van der Waals surface area contributed by atoms with Gasteiger partial charge in [-0.15, -0.1) is 0 Å². The number of hydrogen-bond acceptors (Lipinski definition) is 5. The molecule has 0 bridgehead atoms. The van der Waals surface area contributed by atoms with E-state index in [1.165, 1.54) is 11.3 Å². The Bertz CT molecular complexity index is 1050. The second-order valence-corrected chi connectivity index (χ2v) is 6.62. The minimum atomic E-state index is -0.300. The van der Waals surface area contributed by atoms with Crippen molar-refractivity contribution in [2.45, 2.75) is 13.8 Å². The van der Waals surface area contributed by atoms with Crippen LogP contribution in [0.1, 0.15) is 23.0 Å². The van der Waals surface area contributed by atoms with Crippen LogP contribution >= 0.6 is 11.3 Å². The number of aryl methyl sites for hydroxylation is 1. The minimum absolute atomic E-state index is 0.294. The second-order valence-electron chi connectivity index (χ2n) is 5.59. The lowest BCUT2D eigenvalue weighted by molar-refractivity contribution is 0.0998. The molecule has 25 heavy (non-hydrogen) atoms. The number of furan rings is 1. The van der Waals surface area contributed by atoms with Gasteiger partial charge in [-0.2, -0.15) is 0 Å². The third kappa shape index (κ3) is 2.85. The molecule has 2 aromatic carbocycles. The van der Waals surface area contributed by atoms with Gasteiger partial charge in [-0.25, -0.2) is 4.98 Å². The van der Waals surface area contributed by atoms with Gasteiger partial charge in [0.15, 0.2) is 10.9 Å². The van der Waals surface area contributed by atoms with Gasteiger partial charge < -0.3 is 9.15 Å². The molecular formula is C19H16N2O3S. The van der Waals surface area contributed by atoms with Gasteiger partial charge in [0.2, 0.25) is 0 Å². The summed E-state index contributed by atoms with van der Waals surface area (Å²) in [6, 6.07) is 13.3. The molecule has 4 rings (SSSR count). The van der Waals surface area contributed by atoms with E-state index in [9.17, 15) is 4.79 Å². The number of nitrogens with one attached hydrogen (secondary N) is 1. The zero-order chi connectivity index (χ0) is 17.4. The number of anilines is 1. The normalized spacial score (nSPS) is 11.1. The first-order chi connectivity index (χ1) is 12.2. The van der Waals surface area contributed by atoms with E-state index >= 15 is 0 Å². The van der Waals surface area contributed by atoms with Crippen LogP contribution < -0.4 is 10.1 Å². The number of para-hydroxylation sites is 1. The predicted octanol–water partition coefficient (Wildman–Crippen LogP) is 5.00. The lowest BCUT2D eigenvalue weighted by Crippen LogP contribution is -2.11. The number of rotatable bonds is 4. The zero-order valence-electron chi connectivity index (χ0n) is 13.8. The SMILES string of the molecule is CCOc1ccc2oc(C(=O)Nc3nc4ccccc4s3)c(C)c2c1. The Labute approximate surface area is 148 Å². The fourth-order valence-electron chi connectivity index (χ4n) is 2.75. The Morgan fingerprint density at radius 1 is 1.28 bits per heavy atom. The quantitative estimate of drug-likeness (QED) is 0.561. The third-order valence-corrected chi connectivity index (χ3v) is 4.89. The van der Waals surface area contributed by atoms with Crippen molar-refractivity contribution in [3.8, 4) is 5.75 Å². The minimum Gasteiger partial charge on any atom is -0.494 e.